The summed E-state index contributed by atoms with van der Waals surface area (Å²) in [5.74, 6) is -7.08. The Morgan fingerprint density at radius 2 is 1.38 bits per heavy atom. The van der Waals surface area contributed by atoms with Crippen molar-refractivity contribution in [1.82, 2.24) is 26.6 Å². The normalized spacial score (nSPS) is 28.7. The summed E-state index contributed by atoms with van der Waals surface area (Å²) in [4.78, 5) is 86.9. The summed E-state index contributed by atoms with van der Waals surface area (Å²) in [6, 6.07) is -6.37. The Morgan fingerprint density at radius 1 is 0.825 bits per heavy atom. The molecule has 2 aliphatic rings. The Kier molecular flexibility index (Phi) is 13.4. The predicted molar refractivity (Wildman–Crippen MR) is 145 cm³/mol. The van der Waals surface area contributed by atoms with Crippen LogP contribution in [0.2, 0.25) is 0 Å². The van der Waals surface area contributed by atoms with E-state index in [1.807, 2.05) is 0 Å². The molecule has 40 heavy (non-hydrogen) atoms. The third-order valence-electron chi connectivity index (χ3n) is 6.11. The minimum Gasteiger partial charge on any atom is -0.481 e. The van der Waals surface area contributed by atoms with E-state index in [0.29, 0.717) is 32.4 Å². The van der Waals surface area contributed by atoms with Gasteiger partial charge in [-0.05, 0) is 32.2 Å². The Hall–Kier alpha value is -3.09. The van der Waals surface area contributed by atoms with Crippen LogP contribution >= 0.6 is 21.6 Å². The largest absolute Gasteiger partial charge is 0.481 e. The van der Waals surface area contributed by atoms with E-state index in [1.165, 1.54) is 21.6 Å². The molecule has 5 amide bonds. The zero-order valence-electron chi connectivity index (χ0n) is 21.6. The quantitative estimate of drug-likeness (QED) is 0.0917. The number of hydrogen-bond acceptors (Lipinski definition) is 11. The molecule has 224 valence electrons. The van der Waals surface area contributed by atoms with Crippen molar-refractivity contribution in [2.24, 2.45) is 11.5 Å². The van der Waals surface area contributed by atoms with Crippen LogP contribution in [0.4, 0.5) is 0 Å². The van der Waals surface area contributed by atoms with Crippen LogP contribution in [0.1, 0.15) is 38.5 Å². The van der Waals surface area contributed by atoms with Crippen LogP contribution in [0.15, 0.2) is 0 Å². The van der Waals surface area contributed by atoms with Crippen molar-refractivity contribution >= 4 is 63.1 Å². The Bertz CT molecular complexity index is 986. The lowest BCUT2D eigenvalue weighted by Crippen LogP contribution is -2.59. The first kappa shape index (κ1) is 33.1. The van der Waals surface area contributed by atoms with Crippen LogP contribution in [0, 0.1) is 0 Å². The smallest absolute Gasteiger partial charge is 0.305 e. The topological polar surface area (TPSA) is 272 Å². The van der Waals surface area contributed by atoms with E-state index in [1.54, 1.807) is 0 Å². The number of carboxylic acid groups (broad SMARTS) is 2. The standard InChI is InChI=1S/C22H35N7O9S2/c23-4-2-1-3-11-19(35)29-15(18(24)34)9-39-40-10-5-12(25-8-10)20(36)27-14(7-17(32)33)22(38)28-13(6-16(30)31)21(37)26-11/h10-15,25H,1-9,23H2,(H2,24,34)(H,26,37)(H,27,36)(H,28,38)(H,29,35)(H,30,31)(H,32,33)/t10?,11-,12?,13-,14-,15-/m0/s1. The van der Waals surface area contributed by atoms with E-state index in [-0.39, 0.29) is 17.4 Å². The van der Waals surface area contributed by atoms with E-state index < -0.39 is 84.5 Å². The Labute approximate surface area is 237 Å². The Morgan fingerprint density at radius 3 is 1.93 bits per heavy atom. The summed E-state index contributed by atoms with van der Waals surface area (Å²) in [7, 11) is 2.62. The molecule has 6 atom stereocenters. The van der Waals surface area contributed by atoms with Crippen molar-refractivity contribution in [3.63, 3.8) is 0 Å². The predicted octanol–water partition coefficient (Wildman–Crippen LogP) is -3.39. The van der Waals surface area contributed by atoms with Gasteiger partial charge in [0.05, 0.1) is 18.9 Å². The molecule has 0 radical (unpaired) electrons. The average Bonchev–Trinajstić information content (AvgIpc) is 3.34. The number of primary amides is 1. The summed E-state index contributed by atoms with van der Waals surface area (Å²) >= 11 is 0. The van der Waals surface area contributed by atoms with Gasteiger partial charge in [0.1, 0.15) is 24.2 Å². The fourth-order valence-corrected chi connectivity index (χ4v) is 6.74. The van der Waals surface area contributed by atoms with E-state index in [0.717, 1.165) is 0 Å². The number of hydrogen-bond donors (Lipinski definition) is 9. The minimum absolute atomic E-state index is 0.0844. The van der Waals surface area contributed by atoms with Gasteiger partial charge < -0.3 is 48.3 Å². The molecular weight excluding hydrogens is 570 g/mol. The SMILES string of the molecule is NCCCC[C@@H]1NC(=O)[C@H](CC(=O)O)NC(=O)[C@H](CC(=O)O)NC(=O)C2CC(CN2)SSC[C@@H](C(N)=O)NC1=O. The highest BCUT2D eigenvalue weighted by Crippen LogP contribution is 2.32. The minimum atomic E-state index is -1.71. The maximum Gasteiger partial charge on any atom is 0.305 e. The number of carbonyl (C=O) groups excluding carboxylic acids is 5. The van der Waals surface area contributed by atoms with Crippen LogP contribution in [0.5, 0.6) is 0 Å². The van der Waals surface area contributed by atoms with Gasteiger partial charge in [-0.15, -0.1) is 0 Å². The lowest BCUT2D eigenvalue weighted by Gasteiger charge is -2.26. The highest BCUT2D eigenvalue weighted by molar-refractivity contribution is 8.77. The molecule has 2 unspecified atom stereocenters. The second kappa shape index (κ2) is 16.2. The van der Waals surface area contributed by atoms with Crippen molar-refractivity contribution in [2.75, 3.05) is 18.8 Å². The van der Waals surface area contributed by atoms with Crippen LogP contribution in [0.3, 0.4) is 0 Å². The molecular formula is C22H35N7O9S2. The molecule has 0 aromatic heterocycles. The van der Waals surface area contributed by atoms with Crippen LogP contribution in [-0.2, 0) is 33.6 Å². The van der Waals surface area contributed by atoms with E-state index in [4.69, 9.17) is 11.5 Å². The molecule has 2 fully saturated rings. The third kappa shape index (κ3) is 10.8. The highest BCUT2D eigenvalue weighted by atomic mass is 33.1. The third-order valence-corrected chi connectivity index (χ3v) is 8.98. The molecule has 0 saturated carbocycles. The molecule has 18 heteroatoms. The van der Waals surface area contributed by atoms with Crippen molar-refractivity contribution in [2.45, 2.75) is 74.0 Å². The maximum atomic E-state index is 13.1. The van der Waals surface area contributed by atoms with Gasteiger partial charge in [0.15, 0.2) is 0 Å². The summed E-state index contributed by atoms with van der Waals surface area (Å²) < 4.78 is 0. The van der Waals surface area contributed by atoms with Crippen molar-refractivity contribution < 1.29 is 43.8 Å². The number of nitrogens with two attached hydrogens (primary N) is 2. The Balaban J connectivity index is 2.38. The summed E-state index contributed by atoms with van der Waals surface area (Å²) in [5, 5.41) is 31.0. The number of carbonyl (C=O) groups is 7. The van der Waals surface area contributed by atoms with E-state index in [9.17, 15) is 43.8 Å². The van der Waals surface area contributed by atoms with Crippen LogP contribution in [-0.4, -0.2) is 106 Å². The fraction of sp³-hybridized carbons (Fsp3) is 0.682. The van der Waals surface area contributed by atoms with E-state index in [2.05, 4.69) is 26.6 Å². The van der Waals surface area contributed by atoms with Gasteiger partial charge in [0.25, 0.3) is 0 Å². The molecule has 2 saturated heterocycles. The maximum absolute atomic E-state index is 13.1. The highest BCUT2D eigenvalue weighted by Gasteiger charge is 2.36. The zero-order chi connectivity index (χ0) is 29.8. The summed E-state index contributed by atoms with van der Waals surface area (Å²) in [6.07, 6.45) is -0.397. The second-order valence-electron chi connectivity index (χ2n) is 9.33. The molecule has 2 aliphatic heterocycles. The van der Waals surface area contributed by atoms with Gasteiger partial charge >= 0.3 is 11.9 Å². The van der Waals surface area contributed by atoms with Crippen molar-refractivity contribution in [1.29, 1.82) is 0 Å². The number of rotatable bonds is 9. The first-order chi connectivity index (χ1) is 18.9. The summed E-state index contributed by atoms with van der Waals surface area (Å²) in [6.45, 7) is 0.715. The molecule has 11 N–H and O–H groups in total. The van der Waals surface area contributed by atoms with E-state index >= 15 is 0 Å². The number of amides is 5. The van der Waals surface area contributed by atoms with Crippen LogP contribution in [0.25, 0.3) is 0 Å². The number of aliphatic carboxylic acids is 2. The number of unbranched alkanes of at least 4 members (excludes halogenated alkanes) is 1. The summed E-state index contributed by atoms with van der Waals surface area (Å²) in [5.41, 5.74) is 11.0. The zero-order valence-corrected chi connectivity index (χ0v) is 23.2. The lowest BCUT2D eigenvalue weighted by molar-refractivity contribution is -0.143. The van der Waals surface area contributed by atoms with Crippen molar-refractivity contribution in [3.05, 3.63) is 0 Å². The number of carboxylic acids is 2. The average molecular weight is 606 g/mol. The van der Waals surface area contributed by atoms with Gasteiger partial charge in [0, 0.05) is 17.5 Å². The van der Waals surface area contributed by atoms with Gasteiger partial charge in [-0.1, -0.05) is 21.6 Å². The monoisotopic (exact) mass is 605 g/mol. The molecule has 2 rings (SSSR count). The first-order valence-corrected chi connectivity index (χ1v) is 15.0. The second-order valence-corrected chi connectivity index (χ2v) is 12.0. The van der Waals surface area contributed by atoms with Gasteiger partial charge in [-0.2, -0.15) is 0 Å². The molecule has 16 nitrogen and oxygen atoms in total. The van der Waals surface area contributed by atoms with Gasteiger partial charge in [-0.25, -0.2) is 0 Å². The molecule has 0 spiro atoms. The van der Waals surface area contributed by atoms with Crippen molar-refractivity contribution in [3.8, 4) is 0 Å². The van der Waals surface area contributed by atoms with Gasteiger partial charge in [-0.3, -0.25) is 33.6 Å². The van der Waals surface area contributed by atoms with Crippen LogP contribution < -0.4 is 38.1 Å². The molecule has 2 bridgehead atoms. The number of fused-ring (bicyclic) bond motifs is 2. The lowest BCUT2D eigenvalue weighted by atomic mass is 10.1. The fourth-order valence-electron chi connectivity index (χ4n) is 3.99. The van der Waals surface area contributed by atoms with Gasteiger partial charge in [0.2, 0.25) is 29.5 Å². The molecule has 0 aliphatic carbocycles. The first-order valence-electron chi connectivity index (χ1n) is 12.6. The molecule has 0 aromatic rings. The number of nitrogens with one attached hydrogen (secondary N) is 5. The molecule has 2 heterocycles. The molecule has 0 aromatic carbocycles.